The minimum atomic E-state index is 0.630. The van der Waals surface area contributed by atoms with Crippen LogP contribution in [0.2, 0.25) is 0 Å². The maximum atomic E-state index is 6.10. The SMILES string of the molecule is CCCCCCc1ccc(-c2nc3cc4nc(-c5ccc(CCCCCC)cc5)oc4cc3o2)cc1. The van der Waals surface area contributed by atoms with Gasteiger partial charge in [-0.1, -0.05) is 76.6 Å². The van der Waals surface area contributed by atoms with Crippen molar-refractivity contribution in [2.45, 2.75) is 78.1 Å². The number of hydrogen-bond donors (Lipinski definition) is 0. The zero-order valence-electron chi connectivity index (χ0n) is 21.6. The summed E-state index contributed by atoms with van der Waals surface area (Å²) in [6, 6.07) is 21.0. The minimum absolute atomic E-state index is 0.630. The summed E-state index contributed by atoms with van der Waals surface area (Å²) in [7, 11) is 0. The zero-order chi connectivity index (χ0) is 24.7. The van der Waals surface area contributed by atoms with E-state index < -0.39 is 0 Å². The maximum absolute atomic E-state index is 6.10. The predicted molar refractivity (Wildman–Crippen MR) is 148 cm³/mol. The number of aromatic nitrogens is 2. The van der Waals surface area contributed by atoms with Gasteiger partial charge in [-0.15, -0.1) is 0 Å². The van der Waals surface area contributed by atoms with Gasteiger partial charge in [-0.3, -0.25) is 0 Å². The molecule has 3 aromatic carbocycles. The van der Waals surface area contributed by atoms with Crippen molar-refractivity contribution in [1.29, 1.82) is 0 Å². The van der Waals surface area contributed by atoms with Crippen molar-refractivity contribution in [2.24, 2.45) is 0 Å². The fraction of sp³-hybridized carbons (Fsp3) is 0.375. The Morgan fingerprint density at radius 1 is 0.528 bits per heavy atom. The van der Waals surface area contributed by atoms with Gasteiger partial charge in [-0.25, -0.2) is 9.97 Å². The van der Waals surface area contributed by atoms with Gasteiger partial charge >= 0.3 is 0 Å². The Kier molecular flexibility index (Phi) is 7.80. The summed E-state index contributed by atoms with van der Waals surface area (Å²) in [5, 5.41) is 0. The Labute approximate surface area is 213 Å². The van der Waals surface area contributed by atoms with E-state index >= 15 is 0 Å². The third kappa shape index (κ3) is 5.70. The van der Waals surface area contributed by atoms with E-state index in [9.17, 15) is 0 Å². The van der Waals surface area contributed by atoms with Crippen molar-refractivity contribution in [3.8, 4) is 22.9 Å². The molecule has 5 aromatic rings. The maximum Gasteiger partial charge on any atom is 0.227 e. The fourth-order valence-corrected chi connectivity index (χ4v) is 4.74. The molecule has 0 saturated heterocycles. The smallest absolute Gasteiger partial charge is 0.227 e. The molecule has 5 rings (SSSR count). The second-order valence-electron chi connectivity index (χ2n) is 9.84. The molecule has 0 amide bonds. The number of hydrogen-bond acceptors (Lipinski definition) is 4. The Hall–Kier alpha value is -3.40. The van der Waals surface area contributed by atoms with Crippen LogP contribution in [0.5, 0.6) is 0 Å². The van der Waals surface area contributed by atoms with Crippen molar-refractivity contribution in [3.63, 3.8) is 0 Å². The van der Waals surface area contributed by atoms with Crippen LogP contribution in [0.25, 0.3) is 45.1 Å². The van der Waals surface area contributed by atoms with Crippen molar-refractivity contribution in [3.05, 3.63) is 71.8 Å². The third-order valence-electron chi connectivity index (χ3n) is 6.94. The van der Waals surface area contributed by atoms with Gasteiger partial charge in [-0.2, -0.15) is 0 Å². The molecule has 186 valence electrons. The second kappa shape index (κ2) is 11.6. The summed E-state index contributed by atoms with van der Waals surface area (Å²) < 4.78 is 12.2. The van der Waals surface area contributed by atoms with Crippen LogP contribution in [0, 0.1) is 0 Å². The van der Waals surface area contributed by atoms with E-state index in [-0.39, 0.29) is 0 Å². The molecule has 0 radical (unpaired) electrons. The molecule has 0 spiro atoms. The molecule has 36 heavy (non-hydrogen) atoms. The molecule has 0 aliphatic heterocycles. The minimum Gasteiger partial charge on any atom is -0.436 e. The van der Waals surface area contributed by atoms with Gasteiger partial charge < -0.3 is 8.83 Å². The van der Waals surface area contributed by atoms with Crippen molar-refractivity contribution >= 4 is 22.2 Å². The summed E-state index contributed by atoms with van der Waals surface area (Å²) in [4.78, 5) is 9.47. The van der Waals surface area contributed by atoms with E-state index in [0.717, 1.165) is 35.0 Å². The summed E-state index contributed by atoms with van der Waals surface area (Å²) in [5.41, 5.74) is 7.73. The first kappa shape index (κ1) is 24.3. The lowest BCUT2D eigenvalue weighted by molar-refractivity contribution is 0.609. The molecule has 2 heterocycles. The number of aryl methyl sites for hydroxylation is 2. The number of rotatable bonds is 12. The molecular formula is C32H36N2O2. The molecule has 0 unspecified atom stereocenters. The summed E-state index contributed by atoms with van der Waals surface area (Å²) in [5.74, 6) is 1.26. The Morgan fingerprint density at radius 3 is 1.39 bits per heavy atom. The summed E-state index contributed by atoms with van der Waals surface area (Å²) >= 11 is 0. The average molecular weight is 481 g/mol. The highest BCUT2D eigenvalue weighted by atomic mass is 16.4. The summed E-state index contributed by atoms with van der Waals surface area (Å²) in [6.45, 7) is 4.49. The van der Waals surface area contributed by atoms with Crippen LogP contribution in [0.15, 0.2) is 69.5 Å². The normalized spacial score (nSPS) is 11.6. The van der Waals surface area contributed by atoms with E-state index in [4.69, 9.17) is 18.8 Å². The largest absolute Gasteiger partial charge is 0.436 e. The molecule has 4 heteroatoms. The van der Waals surface area contributed by atoms with E-state index in [2.05, 4.69) is 62.4 Å². The number of oxazole rings is 2. The van der Waals surface area contributed by atoms with E-state index in [1.165, 1.54) is 62.5 Å². The van der Waals surface area contributed by atoms with Crippen LogP contribution in [0.4, 0.5) is 0 Å². The zero-order valence-corrected chi connectivity index (χ0v) is 21.6. The molecular weight excluding hydrogens is 444 g/mol. The topological polar surface area (TPSA) is 52.1 Å². The Bertz CT molecular complexity index is 1240. The van der Waals surface area contributed by atoms with E-state index in [0.29, 0.717) is 22.9 Å². The standard InChI is InChI=1S/C32H36N2O2/c1-3-5-7-9-11-23-13-17-25(18-14-23)31-33-27-21-28-30(22-29(27)35-31)36-32(34-28)26-19-15-24(16-20-26)12-10-8-6-4-2/h13-22H,3-12H2,1-2H3. The van der Waals surface area contributed by atoms with Gasteiger partial charge in [0.05, 0.1) is 0 Å². The number of unbranched alkanes of at least 4 members (excludes halogenated alkanes) is 6. The molecule has 4 nitrogen and oxygen atoms in total. The lowest BCUT2D eigenvalue weighted by Crippen LogP contribution is -1.86. The van der Waals surface area contributed by atoms with Crippen molar-refractivity contribution < 1.29 is 8.83 Å². The van der Waals surface area contributed by atoms with E-state index in [1.54, 1.807) is 0 Å². The monoisotopic (exact) mass is 480 g/mol. The Balaban J connectivity index is 1.29. The van der Waals surface area contributed by atoms with Gasteiger partial charge in [0.1, 0.15) is 11.0 Å². The van der Waals surface area contributed by atoms with Gasteiger partial charge in [0.2, 0.25) is 11.8 Å². The van der Waals surface area contributed by atoms with Crippen LogP contribution >= 0.6 is 0 Å². The lowest BCUT2D eigenvalue weighted by Gasteiger charge is -2.02. The highest BCUT2D eigenvalue weighted by Gasteiger charge is 2.14. The van der Waals surface area contributed by atoms with Crippen LogP contribution in [-0.2, 0) is 12.8 Å². The van der Waals surface area contributed by atoms with Crippen LogP contribution in [0.1, 0.15) is 76.3 Å². The highest BCUT2D eigenvalue weighted by molar-refractivity contribution is 5.91. The van der Waals surface area contributed by atoms with E-state index in [1.807, 2.05) is 12.1 Å². The number of fused-ring (bicyclic) bond motifs is 2. The van der Waals surface area contributed by atoms with Crippen molar-refractivity contribution in [2.75, 3.05) is 0 Å². The molecule has 2 aromatic heterocycles. The molecule has 0 fully saturated rings. The number of benzene rings is 3. The molecule has 0 aliphatic rings. The second-order valence-corrected chi connectivity index (χ2v) is 9.84. The third-order valence-corrected chi connectivity index (χ3v) is 6.94. The lowest BCUT2D eigenvalue weighted by atomic mass is 10.0. The van der Waals surface area contributed by atoms with Crippen molar-refractivity contribution in [1.82, 2.24) is 9.97 Å². The molecule has 0 saturated carbocycles. The average Bonchev–Trinajstić information content (AvgIpc) is 3.52. The summed E-state index contributed by atoms with van der Waals surface area (Å²) in [6.07, 6.45) is 12.5. The first-order valence-electron chi connectivity index (χ1n) is 13.6. The first-order chi connectivity index (χ1) is 17.7. The quantitative estimate of drug-likeness (QED) is 0.167. The van der Waals surface area contributed by atoms with Gasteiger partial charge in [0.25, 0.3) is 0 Å². The van der Waals surface area contributed by atoms with Gasteiger partial charge in [0.15, 0.2) is 11.2 Å². The molecule has 0 atom stereocenters. The first-order valence-corrected chi connectivity index (χ1v) is 13.6. The van der Waals surface area contributed by atoms with Crippen LogP contribution in [-0.4, -0.2) is 9.97 Å². The molecule has 0 aliphatic carbocycles. The molecule has 0 N–H and O–H groups in total. The fourth-order valence-electron chi connectivity index (χ4n) is 4.74. The number of nitrogens with zero attached hydrogens (tertiary/aromatic N) is 2. The molecule has 0 bridgehead atoms. The van der Waals surface area contributed by atoms with Gasteiger partial charge in [-0.05, 0) is 67.1 Å². The Morgan fingerprint density at radius 2 is 0.972 bits per heavy atom. The predicted octanol–water partition coefficient (Wildman–Crippen LogP) is 9.55. The van der Waals surface area contributed by atoms with Crippen LogP contribution < -0.4 is 0 Å². The van der Waals surface area contributed by atoms with Gasteiger partial charge in [0, 0.05) is 17.2 Å². The van der Waals surface area contributed by atoms with Crippen LogP contribution in [0.3, 0.4) is 0 Å². The highest BCUT2D eigenvalue weighted by Crippen LogP contribution is 2.31.